The maximum atomic E-state index is 10.4. The topological polar surface area (TPSA) is 75.3 Å². The van der Waals surface area contributed by atoms with Crippen molar-refractivity contribution < 1.29 is 15.0 Å². The summed E-state index contributed by atoms with van der Waals surface area (Å²) in [4.78, 5) is 10.4. The monoisotopic (exact) mass is 246 g/mol. The van der Waals surface area contributed by atoms with Crippen LogP contribution in [-0.2, 0) is 4.79 Å². The zero-order valence-electron chi connectivity index (χ0n) is 9.73. The third-order valence-electron chi connectivity index (χ3n) is 2.64. The predicted octanol–water partition coefficient (Wildman–Crippen LogP) is 1.77. The number of carbonyl (C=O) groups is 1. The van der Waals surface area contributed by atoms with E-state index in [1.165, 1.54) is 0 Å². The summed E-state index contributed by atoms with van der Waals surface area (Å²) < 4.78 is 1.65. The molecule has 1 aromatic heterocycles. The molecule has 0 spiro atoms. The number of aliphatic carboxylic acids is 1. The van der Waals surface area contributed by atoms with E-state index >= 15 is 0 Å². The summed E-state index contributed by atoms with van der Waals surface area (Å²) in [6, 6.07) is 9.52. The van der Waals surface area contributed by atoms with Crippen molar-refractivity contribution in [3.05, 3.63) is 48.3 Å². The number of nitrogens with zero attached hydrogens (tertiary/aromatic N) is 2. The molecule has 0 amide bonds. The van der Waals surface area contributed by atoms with Gasteiger partial charge >= 0.3 is 5.97 Å². The molecule has 2 N–H and O–H groups in total. The lowest BCUT2D eigenvalue weighted by molar-refractivity contribution is -0.137. The second kappa shape index (κ2) is 5.46. The second-order valence-electron chi connectivity index (χ2n) is 4.00. The molecule has 0 bridgehead atoms. The smallest absolute Gasteiger partial charge is 0.303 e. The number of hydrogen-bond donors (Lipinski definition) is 2. The van der Waals surface area contributed by atoms with Gasteiger partial charge in [0.05, 0.1) is 18.0 Å². The van der Waals surface area contributed by atoms with Crippen LogP contribution in [0.3, 0.4) is 0 Å². The van der Waals surface area contributed by atoms with E-state index in [1.807, 2.05) is 30.3 Å². The van der Waals surface area contributed by atoms with Crippen molar-refractivity contribution in [2.45, 2.75) is 18.9 Å². The van der Waals surface area contributed by atoms with E-state index in [0.717, 1.165) is 5.69 Å². The molecule has 0 aliphatic rings. The first kappa shape index (κ1) is 12.3. The molecule has 94 valence electrons. The summed E-state index contributed by atoms with van der Waals surface area (Å²) >= 11 is 0. The molecule has 1 aromatic carbocycles. The lowest BCUT2D eigenvalue weighted by Crippen LogP contribution is -2.01. The number of aliphatic hydroxyl groups excluding tert-OH is 1. The zero-order chi connectivity index (χ0) is 13.0. The predicted molar refractivity (Wildman–Crippen MR) is 65.4 cm³/mol. The SMILES string of the molecule is O=C(O)CCC(O)c1cnn(-c2ccccc2)c1. The van der Waals surface area contributed by atoms with E-state index in [4.69, 9.17) is 5.11 Å². The molecule has 5 heteroatoms. The Morgan fingerprint density at radius 3 is 2.72 bits per heavy atom. The fourth-order valence-electron chi connectivity index (χ4n) is 1.66. The molecule has 5 nitrogen and oxygen atoms in total. The highest BCUT2D eigenvalue weighted by molar-refractivity contribution is 5.66. The molecular formula is C13H14N2O3. The molecule has 2 rings (SSSR count). The van der Waals surface area contributed by atoms with Crippen molar-refractivity contribution in [2.75, 3.05) is 0 Å². The number of rotatable bonds is 5. The second-order valence-corrected chi connectivity index (χ2v) is 4.00. The average Bonchev–Trinajstić information content (AvgIpc) is 2.86. The van der Waals surface area contributed by atoms with Crippen LogP contribution in [0, 0.1) is 0 Å². The molecule has 2 aromatic rings. The lowest BCUT2D eigenvalue weighted by Gasteiger charge is -2.05. The van der Waals surface area contributed by atoms with Crippen molar-refractivity contribution in [3.63, 3.8) is 0 Å². The summed E-state index contributed by atoms with van der Waals surface area (Å²) in [5, 5.41) is 22.5. The van der Waals surface area contributed by atoms with Gasteiger partial charge in [0.25, 0.3) is 0 Å². The van der Waals surface area contributed by atoms with Crippen molar-refractivity contribution in [1.82, 2.24) is 9.78 Å². The minimum absolute atomic E-state index is 0.0579. The molecule has 18 heavy (non-hydrogen) atoms. The maximum Gasteiger partial charge on any atom is 0.303 e. The van der Waals surface area contributed by atoms with E-state index in [1.54, 1.807) is 17.1 Å². The van der Waals surface area contributed by atoms with Gasteiger partial charge in [0.2, 0.25) is 0 Å². The third-order valence-corrected chi connectivity index (χ3v) is 2.64. The van der Waals surface area contributed by atoms with Crippen LogP contribution in [0.25, 0.3) is 5.69 Å². The van der Waals surface area contributed by atoms with Gasteiger partial charge in [-0.1, -0.05) is 18.2 Å². The van der Waals surface area contributed by atoms with Gasteiger partial charge in [0, 0.05) is 18.2 Å². The van der Waals surface area contributed by atoms with Crippen LogP contribution < -0.4 is 0 Å². The highest BCUT2D eigenvalue weighted by atomic mass is 16.4. The Bertz CT molecular complexity index is 522. The molecule has 0 saturated carbocycles. The van der Waals surface area contributed by atoms with Gasteiger partial charge < -0.3 is 10.2 Å². The number of hydrogen-bond acceptors (Lipinski definition) is 3. The van der Waals surface area contributed by atoms with Crippen LogP contribution in [0.4, 0.5) is 0 Å². The summed E-state index contributed by atoms with van der Waals surface area (Å²) in [5.41, 5.74) is 1.52. The largest absolute Gasteiger partial charge is 0.481 e. The van der Waals surface area contributed by atoms with Crippen molar-refractivity contribution >= 4 is 5.97 Å². The number of carboxylic acid groups (broad SMARTS) is 1. The van der Waals surface area contributed by atoms with Crippen molar-refractivity contribution in [2.24, 2.45) is 0 Å². The highest BCUT2D eigenvalue weighted by Gasteiger charge is 2.12. The van der Waals surface area contributed by atoms with Crippen LogP contribution in [0.15, 0.2) is 42.7 Å². The van der Waals surface area contributed by atoms with Gasteiger partial charge in [-0.05, 0) is 18.6 Å². The summed E-state index contributed by atoms with van der Waals surface area (Å²) in [6.45, 7) is 0. The minimum Gasteiger partial charge on any atom is -0.481 e. The molecule has 0 saturated heterocycles. The quantitative estimate of drug-likeness (QED) is 0.843. The fraction of sp³-hybridized carbons (Fsp3) is 0.231. The molecule has 1 heterocycles. The molecule has 0 fully saturated rings. The summed E-state index contributed by atoms with van der Waals surface area (Å²) in [6.07, 6.45) is 2.60. The number of aliphatic hydroxyl groups is 1. The van der Waals surface area contributed by atoms with Crippen LogP contribution in [0.5, 0.6) is 0 Å². The van der Waals surface area contributed by atoms with Crippen LogP contribution >= 0.6 is 0 Å². The zero-order valence-corrected chi connectivity index (χ0v) is 9.73. The normalized spacial score (nSPS) is 12.3. The molecule has 0 aliphatic heterocycles. The average molecular weight is 246 g/mol. The van der Waals surface area contributed by atoms with Crippen LogP contribution in [0.1, 0.15) is 24.5 Å². The number of para-hydroxylation sites is 1. The van der Waals surface area contributed by atoms with Crippen LogP contribution in [-0.4, -0.2) is 26.0 Å². The summed E-state index contributed by atoms with van der Waals surface area (Å²) in [5.74, 6) is -0.912. The van der Waals surface area contributed by atoms with E-state index in [2.05, 4.69) is 5.10 Å². The Morgan fingerprint density at radius 1 is 1.33 bits per heavy atom. The van der Waals surface area contributed by atoms with E-state index in [9.17, 15) is 9.90 Å². The maximum absolute atomic E-state index is 10.4. The van der Waals surface area contributed by atoms with E-state index in [-0.39, 0.29) is 12.8 Å². The minimum atomic E-state index is -0.912. The Morgan fingerprint density at radius 2 is 2.06 bits per heavy atom. The fourth-order valence-corrected chi connectivity index (χ4v) is 1.66. The number of benzene rings is 1. The molecule has 1 atom stereocenters. The van der Waals surface area contributed by atoms with E-state index < -0.39 is 12.1 Å². The number of aromatic nitrogens is 2. The van der Waals surface area contributed by atoms with Gasteiger partial charge in [0.15, 0.2) is 0 Å². The van der Waals surface area contributed by atoms with E-state index in [0.29, 0.717) is 5.56 Å². The van der Waals surface area contributed by atoms with Crippen molar-refractivity contribution in [3.8, 4) is 5.69 Å². The molecule has 1 unspecified atom stereocenters. The highest BCUT2D eigenvalue weighted by Crippen LogP contribution is 2.18. The lowest BCUT2D eigenvalue weighted by atomic mass is 10.1. The van der Waals surface area contributed by atoms with Gasteiger partial charge in [-0.3, -0.25) is 4.79 Å². The van der Waals surface area contributed by atoms with Crippen molar-refractivity contribution in [1.29, 1.82) is 0 Å². The standard InChI is InChI=1S/C13H14N2O3/c16-12(6-7-13(17)18)10-8-14-15(9-10)11-4-2-1-3-5-11/h1-5,8-9,12,16H,6-7H2,(H,17,18). The Hall–Kier alpha value is -2.14. The Balaban J connectivity index is 2.08. The van der Waals surface area contributed by atoms with Gasteiger partial charge in [-0.2, -0.15) is 5.10 Å². The third kappa shape index (κ3) is 2.95. The van der Waals surface area contributed by atoms with Crippen LogP contribution in [0.2, 0.25) is 0 Å². The Kier molecular flexibility index (Phi) is 3.74. The molecule has 0 aliphatic carbocycles. The van der Waals surface area contributed by atoms with Gasteiger partial charge in [0.1, 0.15) is 0 Å². The first-order valence-electron chi connectivity index (χ1n) is 5.66. The summed E-state index contributed by atoms with van der Waals surface area (Å²) in [7, 11) is 0. The molecular weight excluding hydrogens is 232 g/mol. The first-order chi connectivity index (χ1) is 8.66. The molecule has 0 radical (unpaired) electrons. The van der Waals surface area contributed by atoms with Gasteiger partial charge in [-0.25, -0.2) is 4.68 Å². The van der Waals surface area contributed by atoms with Gasteiger partial charge in [-0.15, -0.1) is 0 Å². The Labute approximate surface area is 104 Å². The number of carboxylic acids is 1. The first-order valence-corrected chi connectivity index (χ1v) is 5.66.